The van der Waals surface area contributed by atoms with Crippen molar-refractivity contribution in [2.75, 3.05) is 11.5 Å². The molecule has 0 saturated carbocycles. The van der Waals surface area contributed by atoms with Crippen LogP contribution in [0.5, 0.6) is 0 Å². The van der Waals surface area contributed by atoms with Gasteiger partial charge in [0.1, 0.15) is 5.58 Å². The lowest BCUT2D eigenvalue weighted by atomic mass is 10.1. The number of carbonyl (C=O) groups is 1. The van der Waals surface area contributed by atoms with E-state index in [1.54, 1.807) is 12.1 Å². The standard InChI is InChI=1S/C24H25NO5S/c1-3-17-8-9-22-20(12-17)21(26)13-23(30-22)24(27)25(19-10-11-31(28,29)15-19)14-18-6-4-16(2)5-7-18/h4-9,12-13,19H,3,10-11,14-15H2,1-2H3/t19-/m0/s1. The fraction of sp³-hybridized carbons (Fsp3) is 0.333. The highest BCUT2D eigenvalue weighted by atomic mass is 32.2. The molecule has 1 aromatic heterocycles. The molecule has 2 heterocycles. The van der Waals surface area contributed by atoms with Gasteiger partial charge < -0.3 is 9.32 Å². The van der Waals surface area contributed by atoms with Gasteiger partial charge in [-0.3, -0.25) is 9.59 Å². The summed E-state index contributed by atoms with van der Waals surface area (Å²) in [4.78, 5) is 27.6. The zero-order valence-electron chi connectivity index (χ0n) is 17.6. The maximum atomic E-state index is 13.4. The van der Waals surface area contributed by atoms with Crippen LogP contribution >= 0.6 is 0 Å². The van der Waals surface area contributed by atoms with Crippen molar-refractivity contribution in [2.24, 2.45) is 0 Å². The van der Waals surface area contributed by atoms with Gasteiger partial charge >= 0.3 is 0 Å². The highest BCUT2D eigenvalue weighted by Crippen LogP contribution is 2.24. The van der Waals surface area contributed by atoms with Crippen LogP contribution < -0.4 is 5.43 Å². The largest absolute Gasteiger partial charge is 0.451 e. The lowest BCUT2D eigenvalue weighted by Crippen LogP contribution is -2.40. The Hall–Kier alpha value is -2.93. The summed E-state index contributed by atoms with van der Waals surface area (Å²) in [6.07, 6.45) is 1.16. The van der Waals surface area contributed by atoms with Crippen molar-refractivity contribution in [3.8, 4) is 0 Å². The predicted octanol–water partition coefficient (Wildman–Crippen LogP) is 3.49. The summed E-state index contributed by atoms with van der Waals surface area (Å²) in [6.45, 7) is 4.22. The number of hydrogen-bond acceptors (Lipinski definition) is 5. The second-order valence-electron chi connectivity index (χ2n) is 8.13. The summed E-state index contributed by atoms with van der Waals surface area (Å²) in [6, 6.07) is 13.9. The van der Waals surface area contributed by atoms with Crippen LogP contribution in [0.15, 0.2) is 57.7 Å². The average molecular weight is 440 g/mol. The van der Waals surface area contributed by atoms with Crippen molar-refractivity contribution in [3.63, 3.8) is 0 Å². The van der Waals surface area contributed by atoms with Crippen molar-refractivity contribution in [2.45, 2.75) is 39.3 Å². The van der Waals surface area contributed by atoms with Crippen molar-refractivity contribution < 1.29 is 17.6 Å². The van der Waals surface area contributed by atoms with Crippen LogP contribution in [0.3, 0.4) is 0 Å². The molecule has 3 aromatic rings. The first-order chi connectivity index (χ1) is 14.8. The third-order valence-corrected chi connectivity index (χ3v) is 7.54. The molecule has 7 heteroatoms. The lowest BCUT2D eigenvalue weighted by molar-refractivity contribution is 0.0648. The molecule has 0 unspecified atom stereocenters. The number of aryl methyl sites for hydroxylation is 2. The van der Waals surface area contributed by atoms with E-state index in [1.165, 1.54) is 11.0 Å². The molecule has 1 aliphatic rings. The molecule has 1 atom stereocenters. The van der Waals surface area contributed by atoms with Gasteiger partial charge in [-0.15, -0.1) is 0 Å². The normalized spacial score (nSPS) is 17.7. The van der Waals surface area contributed by atoms with E-state index in [2.05, 4.69) is 0 Å². The summed E-state index contributed by atoms with van der Waals surface area (Å²) in [5, 5.41) is 0.435. The van der Waals surface area contributed by atoms with Gasteiger partial charge in [-0.2, -0.15) is 0 Å². The van der Waals surface area contributed by atoms with E-state index in [-0.39, 0.29) is 29.2 Å². The molecule has 0 aliphatic carbocycles. The number of fused-ring (bicyclic) bond motifs is 1. The first-order valence-corrected chi connectivity index (χ1v) is 12.2. The third kappa shape index (κ3) is 4.56. The van der Waals surface area contributed by atoms with Crippen LogP contribution in [-0.2, 0) is 22.8 Å². The highest BCUT2D eigenvalue weighted by Gasteiger charge is 2.36. The van der Waals surface area contributed by atoms with Crippen molar-refractivity contribution in [1.82, 2.24) is 4.90 Å². The van der Waals surface area contributed by atoms with Gasteiger partial charge in [-0.25, -0.2) is 8.42 Å². The Bertz CT molecular complexity index is 1290. The molecule has 2 aromatic carbocycles. The summed E-state index contributed by atoms with van der Waals surface area (Å²) in [5.74, 6) is -0.571. The maximum Gasteiger partial charge on any atom is 0.290 e. The number of nitrogens with zero attached hydrogens (tertiary/aromatic N) is 1. The summed E-state index contributed by atoms with van der Waals surface area (Å²) in [5.41, 5.74) is 3.06. The molecule has 31 heavy (non-hydrogen) atoms. The van der Waals surface area contributed by atoms with Crippen LogP contribution in [0.1, 0.15) is 40.6 Å². The number of benzene rings is 2. The Morgan fingerprint density at radius 1 is 1.10 bits per heavy atom. The first kappa shape index (κ1) is 21.3. The zero-order valence-corrected chi connectivity index (χ0v) is 18.4. The maximum absolute atomic E-state index is 13.4. The highest BCUT2D eigenvalue weighted by molar-refractivity contribution is 7.91. The molecule has 0 N–H and O–H groups in total. The van der Waals surface area contributed by atoms with Gasteiger partial charge in [0.2, 0.25) is 0 Å². The van der Waals surface area contributed by atoms with Gasteiger partial charge in [0, 0.05) is 18.7 Å². The van der Waals surface area contributed by atoms with Gasteiger partial charge in [0.05, 0.1) is 16.9 Å². The van der Waals surface area contributed by atoms with E-state index in [0.717, 1.165) is 23.1 Å². The fourth-order valence-electron chi connectivity index (χ4n) is 3.95. The zero-order chi connectivity index (χ0) is 22.2. The predicted molar refractivity (Wildman–Crippen MR) is 120 cm³/mol. The summed E-state index contributed by atoms with van der Waals surface area (Å²) >= 11 is 0. The Morgan fingerprint density at radius 3 is 2.45 bits per heavy atom. The molecule has 6 nitrogen and oxygen atoms in total. The van der Waals surface area contributed by atoms with E-state index in [1.807, 2.05) is 44.2 Å². The number of rotatable bonds is 5. The Labute approximate surface area is 181 Å². The van der Waals surface area contributed by atoms with Crippen molar-refractivity contribution >= 4 is 26.7 Å². The second kappa shape index (κ2) is 8.30. The van der Waals surface area contributed by atoms with Crippen LogP contribution in [-0.4, -0.2) is 36.8 Å². The van der Waals surface area contributed by atoms with E-state index in [0.29, 0.717) is 17.4 Å². The smallest absolute Gasteiger partial charge is 0.290 e. The number of hydrogen-bond donors (Lipinski definition) is 0. The molecule has 0 bridgehead atoms. The van der Waals surface area contributed by atoms with Gasteiger partial charge in [0.15, 0.2) is 21.0 Å². The SMILES string of the molecule is CCc1ccc2oc(C(=O)N(Cc3ccc(C)cc3)[C@H]3CCS(=O)(=O)C3)cc(=O)c2c1. The Kier molecular flexibility index (Phi) is 5.71. The van der Waals surface area contributed by atoms with Crippen molar-refractivity contribution in [3.05, 3.63) is 81.2 Å². The topological polar surface area (TPSA) is 84.7 Å². The van der Waals surface area contributed by atoms with Crippen LogP contribution in [0.2, 0.25) is 0 Å². The third-order valence-electron chi connectivity index (χ3n) is 5.79. The number of carbonyl (C=O) groups excluding carboxylic acids is 1. The Balaban J connectivity index is 1.72. The molecule has 1 fully saturated rings. The molecule has 1 amide bonds. The van der Waals surface area contributed by atoms with E-state index < -0.39 is 21.8 Å². The molecule has 162 valence electrons. The summed E-state index contributed by atoms with van der Waals surface area (Å²) < 4.78 is 30.0. The number of amides is 1. The Morgan fingerprint density at radius 2 is 1.81 bits per heavy atom. The lowest BCUT2D eigenvalue weighted by Gasteiger charge is -2.28. The quantitative estimate of drug-likeness (QED) is 0.608. The minimum Gasteiger partial charge on any atom is -0.451 e. The monoisotopic (exact) mass is 439 g/mol. The minimum absolute atomic E-state index is 0.0524. The molecule has 0 radical (unpaired) electrons. The van der Waals surface area contributed by atoms with Gasteiger partial charge in [-0.1, -0.05) is 42.8 Å². The van der Waals surface area contributed by atoms with Crippen LogP contribution in [0, 0.1) is 6.92 Å². The molecular weight excluding hydrogens is 414 g/mol. The molecule has 1 saturated heterocycles. The average Bonchev–Trinajstić information content (AvgIpc) is 3.12. The number of sulfone groups is 1. The van der Waals surface area contributed by atoms with E-state index in [4.69, 9.17) is 4.42 Å². The van der Waals surface area contributed by atoms with Gasteiger partial charge in [-0.05, 0) is 43.0 Å². The minimum atomic E-state index is -3.19. The van der Waals surface area contributed by atoms with Crippen LogP contribution in [0.25, 0.3) is 11.0 Å². The molecular formula is C24H25NO5S. The van der Waals surface area contributed by atoms with Crippen LogP contribution in [0.4, 0.5) is 0 Å². The van der Waals surface area contributed by atoms with E-state index >= 15 is 0 Å². The molecule has 1 aliphatic heterocycles. The summed E-state index contributed by atoms with van der Waals surface area (Å²) in [7, 11) is -3.19. The first-order valence-electron chi connectivity index (χ1n) is 10.4. The fourth-order valence-corrected chi connectivity index (χ4v) is 5.68. The molecule has 4 rings (SSSR count). The van der Waals surface area contributed by atoms with Crippen molar-refractivity contribution in [1.29, 1.82) is 0 Å². The van der Waals surface area contributed by atoms with Gasteiger partial charge in [0.25, 0.3) is 5.91 Å². The molecule has 0 spiro atoms. The second-order valence-corrected chi connectivity index (χ2v) is 10.4. The van der Waals surface area contributed by atoms with E-state index in [9.17, 15) is 18.0 Å².